The molecule has 1 heterocycles. The van der Waals surface area contributed by atoms with Crippen LogP contribution in [0.1, 0.15) is 27.9 Å². The third-order valence-corrected chi connectivity index (χ3v) is 3.93. The Kier molecular flexibility index (Phi) is 5.79. The van der Waals surface area contributed by atoms with Gasteiger partial charge in [-0.25, -0.2) is 0 Å². The first-order chi connectivity index (χ1) is 11.4. The van der Waals surface area contributed by atoms with Gasteiger partial charge in [0.1, 0.15) is 11.3 Å². The Balaban J connectivity index is 1.87. The molecule has 1 aromatic carbocycles. The van der Waals surface area contributed by atoms with Gasteiger partial charge in [0, 0.05) is 26.8 Å². The van der Waals surface area contributed by atoms with Crippen LogP contribution in [0.2, 0.25) is 0 Å². The summed E-state index contributed by atoms with van der Waals surface area (Å²) in [7, 11) is 3.34. The summed E-state index contributed by atoms with van der Waals surface area (Å²) in [6.07, 6.45) is 2.33. The molecule has 24 heavy (non-hydrogen) atoms. The number of nitrogens with zero attached hydrogens (tertiary/aromatic N) is 2. The fourth-order valence-electron chi connectivity index (χ4n) is 2.51. The Morgan fingerprint density at radius 1 is 1.25 bits per heavy atom. The Labute approximate surface area is 142 Å². The number of pyridine rings is 1. The molecule has 0 aliphatic heterocycles. The van der Waals surface area contributed by atoms with Crippen LogP contribution < -0.4 is 10.3 Å². The summed E-state index contributed by atoms with van der Waals surface area (Å²) in [5.74, 6) is 0.606. The molecule has 0 fully saturated rings. The number of benzene rings is 1. The fourth-order valence-corrected chi connectivity index (χ4v) is 2.51. The van der Waals surface area contributed by atoms with E-state index >= 15 is 0 Å². The lowest BCUT2D eigenvalue weighted by atomic mass is 10.1. The minimum Gasteiger partial charge on any atom is -0.493 e. The summed E-state index contributed by atoms with van der Waals surface area (Å²) in [5.41, 5.74) is 2.22. The average Bonchev–Trinajstić information content (AvgIpc) is 2.55. The van der Waals surface area contributed by atoms with Gasteiger partial charge in [-0.3, -0.25) is 9.59 Å². The predicted octanol–water partition coefficient (Wildman–Crippen LogP) is 2.54. The number of hydrogen-bond donors (Lipinski definition) is 0. The van der Waals surface area contributed by atoms with Gasteiger partial charge < -0.3 is 14.2 Å². The van der Waals surface area contributed by atoms with Crippen LogP contribution in [0.5, 0.6) is 5.75 Å². The summed E-state index contributed by atoms with van der Waals surface area (Å²) in [5, 5.41) is 0. The maximum Gasteiger partial charge on any atom is 0.263 e. The van der Waals surface area contributed by atoms with Gasteiger partial charge in [-0.05, 0) is 44.0 Å². The Hall–Kier alpha value is -2.56. The molecule has 1 aromatic heterocycles. The van der Waals surface area contributed by atoms with E-state index in [9.17, 15) is 9.59 Å². The molecule has 0 radical (unpaired) electrons. The van der Waals surface area contributed by atoms with Crippen molar-refractivity contribution in [3.63, 3.8) is 0 Å². The highest BCUT2D eigenvalue weighted by Crippen LogP contribution is 2.18. The van der Waals surface area contributed by atoms with Gasteiger partial charge in [-0.1, -0.05) is 17.7 Å². The lowest BCUT2D eigenvalue weighted by Gasteiger charge is -2.17. The second kappa shape index (κ2) is 7.81. The first-order valence-corrected chi connectivity index (χ1v) is 8.01. The summed E-state index contributed by atoms with van der Waals surface area (Å²) >= 11 is 0. The van der Waals surface area contributed by atoms with E-state index in [-0.39, 0.29) is 17.0 Å². The molecule has 0 bridgehead atoms. The van der Waals surface area contributed by atoms with Crippen LogP contribution in [0.3, 0.4) is 0 Å². The van der Waals surface area contributed by atoms with Crippen molar-refractivity contribution in [1.29, 1.82) is 0 Å². The average molecular weight is 328 g/mol. The van der Waals surface area contributed by atoms with Crippen LogP contribution >= 0.6 is 0 Å². The lowest BCUT2D eigenvalue weighted by molar-refractivity contribution is 0.0785. The maximum absolute atomic E-state index is 12.3. The number of aryl methyl sites for hydroxylation is 3. The third-order valence-electron chi connectivity index (χ3n) is 3.93. The molecule has 1 amide bonds. The van der Waals surface area contributed by atoms with E-state index in [2.05, 4.69) is 6.07 Å². The van der Waals surface area contributed by atoms with Crippen molar-refractivity contribution >= 4 is 5.91 Å². The normalized spacial score (nSPS) is 10.5. The summed E-state index contributed by atoms with van der Waals surface area (Å²) in [4.78, 5) is 25.9. The van der Waals surface area contributed by atoms with Gasteiger partial charge in [0.05, 0.1) is 6.61 Å². The minimum absolute atomic E-state index is 0.192. The van der Waals surface area contributed by atoms with Gasteiger partial charge in [0.25, 0.3) is 11.5 Å². The molecule has 128 valence electrons. The largest absolute Gasteiger partial charge is 0.493 e. The smallest absolute Gasteiger partial charge is 0.263 e. The van der Waals surface area contributed by atoms with Gasteiger partial charge in [-0.2, -0.15) is 0 Å². The van der Waals surface area contributed by atoms with Crippen molar-refractivity contribution in [2.24, 2.45) is 7.05 Å². The van der Waals surface area contributed by atoms with E-state index in [0.29, 0.717) is 19.6 Å². The quantitative estimate of drug-likeness (QED) is 0.766. The number of amides is 1. The van der Waals surface area contributed by atoms with Crippen LogP contribution in [0.4, 0.5) is 0 Å². The lowest BCUT2D eigenvalue weighted by Crippen LogP contribution is -2.34. The van der Waals surface area contributed by atoms with Gasteiger partial charge in [0.2, 0.25) is 0 Å². The van der Waals surface area contributed by atoms with E-state index in [0.717, 1.165) is 11.3 Å². The third kappa shape index (κ3) is 4.25. The van der Waals surface area contributed by atoms with Crippen LogP contribution in [-0.4, -0.2) is 35.6 Å². The van der Waals surface area contributed by atoms with Crippen molar-refractivity contribution in [2.45, 2.75) is 20.3 Å². The number of carbonyl (C=O) groups is 1. The number of aromatic nitrogens is 1. The van der Waals surface area contributed by atoms with E-state index < -0.39 is 0 Å². The molecule has 0 spiro atoms. The molecule has 2 rings (SSSR count). The minimum atomic E-state index is -0.277. The fraction of sp³-hybridized carbons (Fsp3) is 0.368. The summed E-state index contributed by atoms with van der Waals surface area (Å²) < 4.78 is 7.17. The molecule has 0 saturated heterocycles. The SMILES string of the molecule is Cc1ccc(OCCCN(C)C(=O)c2cccn(C)c2=O)c(C)c1. The molecule has 2 aromatic rings. The molecule has 0 atom stereocenters. The second-order valence-electron chi connectivity index (χ2n) is 6.04. The van der Waals surface area contributed by atoms with E-state index in [1.807, 2.05) is 26.0 Å². The monoisotopic (exact) mass is 328 g/mol. The number of ether oxygens (including phenoxy) is 1. The zero-order valence-electron chi connectivity index (χ0n) is 14.7. The first kappa shape index (κ1) is 17.8. The second-order valence-corrected chi connectivity index (χ2v) is 6.04. The van der Waals surface area contributed by atoms with Crippen LogP contribution in [-0.2, 0) is 7.05 Å². The van der Waals surface area contributed by atoms with E-state index in [1.54, 1.807) is 37.3 Å². The molecular weight excluding hydrogens is 304 g/mol. The first-order valence-electron chi connectivity index (χ1n) is 8.01. The Morgan fingerprint density at radius 2 is 2.00 bits per heavy atom. The molecule has 0 unspecified atom stereocenters. The van der Waals surface area contributed by atoms with Crippen molar-refractivity contribution in [1.82, 2.24) is 9.47 Å². The van der Waals surface area contributed by atoms with Crippen molar-refractivity contribution in [3.05, 3.63) is 63.6 Å². The Bertz CT molecular complexity index is 780. The molecule has 0 N–H and O–H groups in total. The molecule has 0 aliphatic rings. The van der Waals surface area contributed by atoms with Gasteiger partial charge >= 0.3 is 0 Å². The van der Waals surface area contributed by atoms with Crippen molar-refractivity contribution in [3.8, 4) is 5.75 Å². The highest BCUT2D eigenvalue weighted by Gasteiger charge is 2.15. The van der Waals surface area contributed by atoms with Crippen molar-refractivity contribution < 1.29 is 9.53 Å². The highest BCUT2D eigenvalue weighted by atomic mass is 16.5. The zero-order chi connectivity index (χ0) is 17.7. The summed E-state index contributed by atoms with van der Waals surface area (Å²) in [6.45, 7) is 5.12. The number of rotatable bonds is 6. The van der Waals surface area contributed by atoms with E-state index in [1.165, 1.54) is 10.1 Å². The highest BCUT2D eigenvalue weighted by molar-refractivity contribution is 5.93. The molecule has 0 aliphatic carbocycles. The molecule has 0 saturated carbocycles. The van der Waals surface area contributed by atoms with Gasteiger partial charge in [0.15, 0.2) is 0 Å². The summed E-state index contributed by atoms with van der Waals surface area (Å²) in [6, 6.07) is 9.33. The number of carbonyl (C=O) groups excluding carboxylic acids is 1. The maximum atomic E-state index is 12.3. The van der Waals surface area contributed by atoms with Crippen LogP contribution in [0, 0.1) is 13.8 Å². The van der Waals surface area contributed by atoms with Gasteiger partial charge in [-0.15, -0.1) is 0 Å². The zero-order valence-corrected chi connectivity index (χ0v) is 14.7. The van der Waals surface area contributed by atoms with Crippen LogP contribution in [0.15, 0.2) is 41.3 Å². The van der Waals surface area contributed by atoms with Crippen LogP contribution in [0.25, 0.3) is 0 Å². The topological polar surface area (TPSA) is 51.5 Å². The standard InChI is InChI=1S/C19H24N2O3/c1-14-8-9-17(15(2)13-14)24-12-6-11-21(4)19(23)16-7-5-10-20(3)18(16)22/h5,7-10,13H,6,11-12H2,1-4H3. The number of hydrogen-bond acceptors (Lipinski definition) is 3. The molecule has 5 nitrogen and oxygen atoms in total. The predicted molar refractivity (Wildman–Crippen MR) is 94.7 cm³/mol. The molecule has 5 heteroatoms. The van der Waals surface area contributed by atoms with E-state index in [4.69, 9.17) is 4.74 Å². The Morgan fingerprint density at radius 3 is 2.71 bits per heavy atom. The van der Waals surface area contributed by atoms with Crippen molar-refractivity contribution in [2.75, 3.05) is 20.2 Å². The molecular formula is C19H24N2O3.